The van der Waals surface area contributed by atoms with Crippen LogP contribution in [0.1, 0.15) is 51.5 Å². The number of phenolic OH excluding ortho intramolecular Hbond substituents is 1. The van der Waals surface area contributed by atoms with Gasteiger partial charge in [-0.05, 0) is 88.6 Å². The number of hydrogen-bond donors (Lipinski definition) is 2. The van der Waals surface area contributed by atoms with Gasteiger partial charge in [-0.15, -0.1) is 0 Å². The van der Waals surface area contributed by atoms with Crippen molar-refractivity contribution in [1.82, 2.24) is 15.1 Å². The highest BCUT2D eigenvalue weighted by atomic mass is 16.6. The van der Waals surface area contributed by atoms with Crippen LogP contribution in [-0.4, -0.2) is 78.9 Å². The molecular formula is C26H39N3O5. The average Bonchev–Trinajstić information content (AvgIpc) is 3.54. The number of phenols is 1. The molecule has 2 atom stereocenters. The Kier molecular flexibility index (Phi) is 7.55. The number of amides is 2. The molecule has 8 heteroatoms. The highest BCUT2D eigenvalue weighted by molar-refractivity contribution is 5.83. The molecule has 34 heavy (non-hydrogen) atoms. The van der Waals surface area contributed by atoms with Gasteiger partial charge in [-0.3, -0.25) is 4.79 Å². The second kappa shape index (κ2) is 10.4. The van der Waals surface area contributed by atoms with Gasteiger partial charge in [0.25, 0.3) is 0 Å². The molecule has 2 unspecified atom stereocenters. The summed E-state index contributed by atoms with van der Waals surface area (Å²) >= 11 is 0. The Morgan fingerprint density at radius 3 is 2.56 bits per heavy atom. The number of nitrogens with zero attached hydrogens (tertiary/aromatic N) is 2. The molecule has 0 radical (unpaired) electrons. The standard InChI is InChI=1S/C26H39N3O5/c1-4-34-25(32)29-11-7-20(8-12-29)27-24(31)21-17-26(21)9-13-28(14-10-26)18(2)15-19-5-6-22(30)23(16-19)33-3/h5-6,16,18,20-21,30H,4,7-15,17H2,1-3H3,(H,27,31). The maximum atomic E-state index is 12.9. The van der Waals surface area contributed by atoms with E-state index in [9.17, 15) is 14.7 Å². The Bertz CT molecular complexity index is 875. The van der Waals surface area contributed by atoms with E-state index in [1.165, 1.54) is 0 Å². The van der Waals surface area contributed by atoms with Crippen LogP contribution < -0.4 is 10.1 Å². The van der Waals surface area contributed by atoms with E-state index in [0.717, 1.165) is 57.2 Å². The third kappa shape index (κ3) is 5.43. The van der Waals surface area contributed by atoms with Crippen LogP contribution in [0, 0.1) is 11.3 Å². The number of likely N-dealkylation sites (tertiary alicyclic amines) is 2. The van der Waals surface area contributed by atoms with Gasteiger partial charge in [0.1, 0.15) is 0 Å². The van der Waals surface area contributed by atoms with E-state index in [4.69, 9.17) is 9.47 Å². The average molecular weight is 474 g/mol. The highest BCUT2D eigenvalue weighted by Crippen LogP contribution is 2.59. The van der Waals surface area contributed by atoms with Crippen molar-refractivity contribution < 1.29 is 24.2 Å². The quantitative estimate of drug-likeness (QED) is 0.632. The number of benzene rings is 1. The molecule has 0 bridgehead atoms. The molecule has 2 N–H and O–H groups in total. The molecule has 0 aromatic heterocycles. The van der Waals surface area contributed by atoms with Gasteiger partial charge >= 0.3 is 6.09 Å². The number of piperidine rings is 2. The lowest BCUT2D eigenvalue weighted by molar-refractivity contribution is -0.124. The van der Waals surface area contributed by atoms with Crippen molar-refractivity contribution in [3.8, 4) is 11.5 Å². The summed E-state index contributed by atoms with van der Waals surface area (Å²) in [5.74, 6) is 1.02. The summed E-state index contributed by atoms with van der Waals surface area (Å²) in [5.41, 5.74) is 1.33. The predicted octanol–water partition coefficient (Wildman–Crippen LogP) is 3.17. The van der Waals surface area contributed by atoms with E-state index in [0.29, 0.717) is 31.5 Å². The van der Waals surface area contributed by atoms with E-state index >= 15 is 0 Å². The van der Waals surface area contributed by atoms with Crippen molar-refractivity contribution in [2.75, 3.05) is 39.9 Å². The summed E-state index contributed by atoms with van der Waals surface area (Å²) in [6, 6.07) is 6.11. The van der Waals surface area contributed by atoms with Gasteiger partial charge in [0.2, 0.25) is 5.91 Å². The molecule has 2 aliphatic heterocycles. The van der Waals surface area contributed by atoms with Crippen LogP contribution in [0.25, 0.3) is 0 Å². The van der Waals surface area contributed by atoms with Crippen molar-refractivity contribution in [3.05, 3.63) is 23.8 Å². The largest absolute Gasteiger partial charge is 0.504 e. The molecular weight excluding hydrogens is 434 g/mol. The van der Waals surface area contributed by atoms with Crippen LogP contribution in [0.3, 0.4) is 0 Å². The van der Waals surface area contributed by atoms with Crippen LogP contribution >= 0.6 is 0 Å². The van der Waals surface area contributed by atoms with Crippen molar-refractivity contribution >= 4 is 12.0 Å². The molecule has 1 aromatic carbocycles. The van der Waals surface area contributed by atoms with Crippen molar-refractivity contribution in [3.63, 3.8) is 0 Å². The summed E-state index contributed by atoms with van der Waals surface area (Å²) in [6.45, 7) is 7.75. The van der Waals surface area contributed by atoms with Crippen LogP contribution in [-0.2, 0) is 16.0 Å². The van der Waals surface area contributed by atoms with Gasteiger partial charge in [0.05, 0.1) is 13.7 Å². The normalized spacial score (nSPS) is 23.4. The summed E-state index contributed by atoms with van der Waals surface area (Å²) < 4.78 is 10.3. The molecule has 3 fully saturated rings. The maximum Gasteiger partial charge on any atom is 0.409 e. The molecule has 8 nitrogen and oxygen atoms in total. The Hall–Kier alpha value is -2.48. The Labute approximate surface area is 202 Å². The zero-order valence-electron chi connectivity index (χ0n) is 20.7. The van der Waals surface area contributed by atoms with Crippen molar-refractivity contribution in [1.29, 1.82) is 0 Å². The molecule has 4 rings (SSSR count). The van der Waals surface area contributed by atoms with Gasteiger partial charge < -0.3 is 29.7 Å². The number of methoxy groups -OCH3 is 1. The fraction of sp³-hybridized carbons (Fsp3) is 0.692. The number of carbonyl (C=O) groups excluding carboxylic acids is 2. The second-order valence-corrected chi connectivity index (χ2v) is 10.2. The number of hydrogen-bond acceptors (Lipinski definition) is 6. The lowest BCUT2D eigenvalue weighted by Gasteiger charge is -2.37. The summed E-state index contributed by atoms with van der Waals surface area (Å²) in [4.78, 5) is 29.1. The van der Waals surface area contributed by atoms with Gasteiger partial charge in [0.15, 0.2) is 11.5 Å². The minimum atomic E-state index is -0.251. The van der Waals surface area contributed by atoms with E-state index in [1.54, 1.807) is 18.1 Å². The van der Waals surface area contributed by atoms with Crippen LogP contribution in [0.5, 0.6) is 11.5 Å². The molecule has 1 spiro atoms. The topological polar surface area (TPSA) is 91.3 Å². The molecule has 188 valence electrons. The van der Waals surface area contributed by atoms with Gasteiger partial charge in [0, 0.05) is 31.1 Å². The van der Waals surface area contributed by atoms with Gasteiger partial charge in [-0.2, -0.15) is 0 Å². The lowest BCUT2D eigenvalue weighted by Crippen LogP contribution is -2.47. The zero-order chi connectivity index (χ0) is 24.3. The maximum absolute atomic E-state index is 12.9. The first-order chi connectivity index (χ1) is 16.3. The van der Waals surface area contributed by atoms with E-state index in [2.05, 4.69) is 17.1 Å². The molecule has 2 amide bonds. The van der Waals surface area contributed by atoms with Crippen LogP contribution in [0.15, 0.2) is 18.2 Å². The fourth-order valence-corrected chi connectivity index (χ4v) is 5.72. The molecule has 1 aliphatic carbocycles. The Morgan fingerprint density at radius 1 is 1.21 bits per heavy atom. The molecule has 1 saturated carbocycles. The number of nitrogens with one attached hydrogen (secondary N) is 1. The SMILES string of the molecule is CCOC(=O)N1CCC(NC(=O)C2CC23CCN(C(C)Cc2ccc(O)c(OC)c2)CC3)CC1. The minimum Gasteiger partial charge on any atom is -0.504 e. The van der Waals surface area contributed by atoms with Crippen molar-refractivity contribution in [2.24, 2.45) is 11.3 Å². The summed E-state index contributed by atoms with van der Waals surface area (Å²) in [6.07, 6.45) is 5.36. The van der Waals surface area contributed by atoms with Crippen LogP contribution in [0.4, 0.5) is 4.79 Å². The first-order valence-electron chi connectivity index (χ1n) is 12.7. The summed E-state index contributed by atoms with van der Waals surface area (Å²) in [7, 11) is 1.57. The molecule has 2 saturated heterocycles. The monoisotopic (exact) mass is 473 g/mol. The lowest BCUT2D eigenvalue weighted by atomic mass is 9.89. The first kappa shape index (κ1) is 24.6. The van der Waals surface area contributed by atoms with Gasteiger partial charge in [-0.1, -0.05) is 6.07 Å². The highest BCUT2D eigenvalue weighted by Gasteiger charge is 2.58. The third-order valence-corrected chi connectivity index (χ3v) is 8.07. The number of rotatable bonds is 7. The smallest absolute Gasteiger partial charge is 0.409 e. The third-order valence-electron chi connectivity index (χ3n) is 8.07. The fourth-order valence-electron chi connectivity index (χ4n) is 5.72. The molecule has 2 heterocycles. The van der Waals surface area contributed by atoms with Crippen molar-refractivity contribution in [2.45, 2.75) is 64.5 Å². The van der Waals surface area contributed by atoms with Gasteiger partial charge in [-0.25, -0.2) is 4.79 Å². The minimum absolute atomic E-state index is 0.134. The number of carbonyl (C=O) groups is 2. The molecule has 3 aliphatic rings. The van der Waals surface area contributed by atoms with Crippen LogP contribution in [0.2, 0.25) is 0 Å². The zero-order valence-corrected chi connectivity index (χ0v) is 20.7. The molecule has 1 aromatic rings. The Morgan fingerprint density at radius 2 is 1.91 bits per heavy atom. The van der Waals surface area contributed by atoms with E-state index in [-0.39, 0.29) is 35.1 Å². The predicted molar refractivity (Wildman–Crippen MR) is 129 cm³/mol. The number of aromatic hydroxyl groups is 1. The first-order valence-corrected chi connectivity index (χ1v) is 12.7. The van der Waals surface area contributed by atoms with E-state index < -0.39 is 0 Å². The van der Waals surface area contributed by atoms with E-state index in [1.807, 2.05) is 19.1 Å². The summed E-state index contributed by atoms with van der Waals surface area (Å²) in [5, 5.41) is 13.1. The number of ether oxygens (including phenoxy) is 2. The Balaban J connectivity index is 1.20. The second-order valence-electron chi connectivity index (χ2n) is 10.2.